The molecule has 6 nitrogen and oxygen atoms in total. The van der Waals surface area contributed by atoms with Gasteiger partial charge in [0.15, 0.2) is 0 Å². The molecule has 0 spiro atoms. The summed E-state index contributed by atoms with van der Waals surface area (Å²) in [6.07, 6.45) is 0. The van der Waals surface area contributed by atoms with Crippen LogP contribution in [0.25, 0.3) is 0 Å². The molecule has 10 heteroatoms. The predicted octanol–water partition coefficient (Wildman–Crippen LogP) is 1.11. The minimum atomic E-state index is -2.16. The van der Waals surface area contributed by atoms with Crippen LogP contribution in [0.4, 0.5) is 0 Å². The average Bonchev–Trinajstić information content (AvgIpc) is 2.18. The molecule has 0 aliphatic rings. The van der Waals surface area contributed by atoms with E-state index in [0.29, 0.717) is 0 Å². The molecule has 0 aromatic carbocycles. The second kappa shape index (κ2) is 16.8. The summed E-state index contributed by atoms with van der Waals surface area (Å²) in [5.74, 6) is 0. The topological polar surface area (TPSA) is 120 Å². The van der Waals surface area contributed by atoms with Crippen molar-refractivity contribution in [3.63, 3.8) is 0 Å². The molecule has 0 saturated carbocycles. The summed E-state index contributed by atoms with van der Waals surface area (Å²) in [6.45, 7) is 9.87. The van der Waals surface area contributed by atoms with Gasteiger partial charge >= 0.3 is 41.4 Å². The first-order valence-corrected chi connectivity index (χ1v) is 9.07. The van der Waals surface area contributed by atoms with Gasteiger partial charge in [0.25, 0.3) is 0 Å². The van der Waals surface area contributed by atoms with Crippen LogP contribution in [0.2, 0.25) is 0 Å². The molecule has 0 aliphatic heterocycles. The van der Waals surface area contributed by atoms with Crippen LogP contribution in [0.15, 0.2) is 0 Å². The molecular formula is C9H21AlO6P3+3. The van der Waals surface area contributed by atoms with Gasteiger partial charge in [-0.15, -0.1) is 0 Å². The van der Waals surface area contributed by atoms with Gasteiger partial charge in [0, 0.05) is 0 Å². The van der Waals surface area contributed by atoms with Crippen LogP contribution in [0.5, 0.6) is 0 Å². The minimum absolute atomic E-state index is 0. The second-order valence-corrected chi connectivity index (χ2v) is 8.95. The summed E-state index contributed by atoms with van der Waals surface area (Å²) in [5.41, 5.74) is -0.583. The van der Waals surface area contributed by atoms with E-state index >= 15 is 0 Å². The third-order valence-corrected chi connectivity index (χ3v) is 3.79. The third kappa shape index (κ3) is 32.3. The van der Waals surface area contributed by atoms with Crippen LogP contribution < -0.4 is 14.7 Å². The SMILES string of the molecule is CC(C)[P+](=O)[O-].CC(C)[P+](=O)[O-].CC(C)[P+](=O)[O-].[Al+3]. The van der Waals surface area contributed by atoms with Crippen LogP contribution in [0.1, 0.15) is 41.5 Å². The number of hydrogen-bond acceptors (Lipinski definition) is 6. The van der Waals surface area contributed by atoms with Crippen molar-refractivity contribution in [1.82, 2.24) is 0 Å². The van der Waals surface area contributed by atoms with Crippen molar-refractivity contribution in [3.8, 4) is 0 Å². The fourth-order valence-corrected chi connectivity index (χ4v) is 0. The Morgan fingerprint density at radius 2 is 0.632 bits per heavy atom. The van der Waals surface area contributed by atoms with Crippen molar-refractivity contribution < 1.29 is 28.4 Å². The first-order valence-electron chi connectivity index (χ1n) is 5.33. The summed E-state index contributed by atoms with van der Waals surface area (Å²) in [6, 6.07) is 0. The fourth-order valence-electron chi connectivity index (χ4n) is 0. The molecule has 0 amide bonds. The molecule has 0 heterocycles. The molecule has 3 unspecified atom stereocenters. The van der Waals surface area contributed by atoms with E-state index in [0.717, 1.165) is 0 Å². The van der Waals surface area contributed by atoms with Crippen molar-refractivity contribution in [2.24, 2.45) is 0 Å². The quantitative estimate of drug-likeness (QED) is 0.558. The summed E-state index contributed by atoms with van der Waals surface area (Å²) >= 11 is 0. The van der Waals surface area contributed by atoms with Gasteiger partial charge in [-0.3, -0.25) is 0 Å². The monoisotopic (exact) mass is 345 g/mol. The maximum atomic E-state index is 9.74. The van der Waals surface area contributed by atoms with Crippen molar-refractivity contribution in [1.29, 1.82) is 0 Å². The molecule has 0 saturated heterocycles. The molecular weight excluding hydrogens is 324 g/mol. The van der Waals surface area contributed by atoms with Gasteiger partial charge in [-0.1, -0.05) is 13.7 Å². The molecule has 0 bridgehead atoms. The van der Waals surface area contributed by atoms with E-state index in [-0.39, 0.29) is 34.3 Å². The first-order chi connectivity index (χ1) is 7.93. The van der Waals surface area contributed by atoms with Crippen LogP contribution in [-0.2, 0) is 13.7 Å². The molecule has 0 aromatic rings. The Labute approximate surface area is 128 Å². The zero-order valence-electron chi connectivity index (χ0n) is 12.1. The minimum Gasteiger partial charge on any atom is -0.595 e. The van der Waals surface area contributed by atoms with E-state index in [1.165, 1.54) is 0 Å². The Balaban J connectivity index is -0.0000000865. The first kappa shape index (κ1) is 28.0. The second-order valence-electron chi connectivity index (χ2n) is 4.14. The van der Waals surface area contributed by atoms with Gasteiger partial charge < -0.3 is 14.7 Å². The van der Waals surface area contributed by atoms with E-state index in [2.05, 4.69) is 0 Å². The molecule has 0 aromatic heterocycles. The zero-order valence-corrected chi connectivity index (χ0v) is 15.9. The molecule has 0 aliphatic carbocycles. The Hall–Kier alpha value is 0.712. The number of hydrogen-bond donors (Lipinski definition) is 0. The van der Waals surface area contributed by atoms with Gasteiger partial charge in [0.05, 0.1) is 0 Å². The number of rotatable bonds is 3. The van der Waals surface area contributed by atoms with Crippen LogP contribution in [0, 0.1) is 0 Å². The van der Waals surface area contributed by atoms with Gasteiger partial charge in [0.1, 0.15) is 17.0 Å². The summed E-state index contributed by atoms with van der Waals surface area (Å²) < 4.78 is 29.2. The van der Waals surface area contributed by atoms with E-state index in [1.54, 1.807) is 41.5 Å². The Morgan fingerprint density at radius 1 is 0.579 bits per heavy atom. The fraction of sp³-hybridized carbons (Fsp3) is 1.00. The van der Waals surface area contributed by atoms with E-state index < -0.39 is 24.1 Å². The molecule has 19 heavy (non-hydrogen) atoms. The van der Waals surface area contributed by atoms with Gasteiger partial charge in [-0.25, -0.2) is 0 Å². The van der Waals surface area contributed by atoms with Gasteiger partial charge in [-0.05, 0) is 41.5 Å². The third-order valence-electron chi connectivity index (χ3n) is 1.26. The van der Waals surface area contributed by atoms with Crippen molar-refractivity contribution in [3.05, 3.63) is 0 Å². The Morgan fingerprint density at radius 3 is 0.632 bits per heavy atom. The maximum Gasteiger partial charge on any atom is 3.00 e. The standard InChI is InChI=1S/3C3H7O2P.Al/c3*1-3(2)6(4)5;/h3*3H,1-2H3;/q;;;+3. The molecule has 0 rings (SSSR count). The van der Waals surface area contributed by atoms with Crippen LogP contribution in [-0.4, -0.2) is 34.3 Å². The smallest absolute Gasteiger partial charge is 0.595 e. The molecule has 0 N–H and O–H groups in total. The molecule has 108 valence electrons. The van der Waals surface area contributed by atoms with E-state index in [1.807, 2.05) is 0 Å². The van der Waals surface area contributed by atoms with Crippen molar-refractivity contribution in [2.75, 3.05) is 0 Å². The zero-order chi connectivity index (χ0) is 15.5. The summed E-state index contributed by atoms with van der Waals surface area (Å²) in [4.78, 5) is 29.2. The largest absolute Gasteiger partial charge is 3.00 e. The predicted molar refractivity (Wildman–Crippen MR) is 74.0 cm³/mol. The summed E-state index contributed by atoms with van der Waals surface area (Å²) in [7, 11) is -6.48. The van der Waals surface area contributed by atoms with Crippen molar-refractivity contribution in [2.45, 2.75) is 58.5 Å². The van der Waals surface area contributed by atoms with Crippen LogP contribution >= 0.6 is 24.1 Å². The normalized spacial score (nSPS) is 11.7. The van der Waals surface area contributed by atoms with E-state index in [9.17, 15) is 28.4 Å². The maximum absolute atomic E-state index is 9.74. The van der Waals surface area contributed by atoms with Gasteiger partial charge in [0.2, 0.25) is 0 Å². The van der Waals surface area contributed by atoms with Gasteiger partial charge in [-0.2, -0.15) is 0 Å². The summed E-state index contributed by atoms with van der Waals surface area (Å²) in [5, 5.41) is 0. The molecule has 0 radical (unpaired) electrons. The average molecular weight is 345 g/mol. The Kier molecular flexibility index (Phi) is 24.7. The van der Waals surface area contributed by atoms with Crippen molar-refractivity contribution >= 4 is 41.4 Å². The molecule has 3 atom stereocenters. The van der Waals surface area contributed by atoms with E-state index in [4.69, 9.17) is 0 Å². The van der Waals surface area contributed by atoms with Crippen LogP contribution in [0.3, 0.4) is 0 Å². The molecule has 0 fully saturated rings. The Bertz CT molecular complexity index is 228.